The fourth-order valence-electron chi connectivity index (χ4n) is 1.35. The molecule has 0 saturated carbocycles. The number of ether oxygens (including phenoxy) is 1. The number of rotatable bonds is 8. The Labute approximate surface area is 138 Å². The van der Waals surface area contributed by atoms with Gasteiger partial charge in [-0.25, -0.2) is 0 Å². The fraction of sp³-hybridized carbons (Fsp3) is 0.421. The van der Waals surface area contributed by atoms with E-state index in [0.717, 1.165) is 0 Å². The van der Waals surface area contributed by atoms with Gasteiger partial charge in [-0.05, 0) is 29.9 Å². The summed E-state index contributed by atoms with van der Waals surface area (Å²) in [6.45, 7) is 4.07. The number of carbonyl (C=O) groups excluding carboxylic acids is 1. The monoisotopic (exact) mass is 316 g/mol. The molecule has 1 unspecified atom stereocenters. The van der Waals surface area contributed by atoms with E-state index in [1.165, 1.54) is 12.2 Å². The lowest BCUT2D eigenvalue weighted by atomic mass is 10.1. The van der Waals surface area contributed by atoms with Crippen molar-refractivity contribution >= 4 is 5.97 Å². The van der Waals surface area contributed by atoms with E-state index in [2.05, 4.69) is 23.7 Å². The maximum Gasteiger partial charge on any atom is 0.306 e. The maximum atomic E-state index is 11.3. The van der Waals surface area contributed by atoms with Gasteiger partial charge in [0, 0.05) is 12.8 Å². The van der Waals surface area contributed by atoms with Gasteiger partial charge in [0.25, 0.3) is 0 Å². The fourth-order valence-corrected chi connectivity index (χ4v) is 1.35. The molecule has 1 atom stereocenters. The van der Waals surface area contributed by atoms with E-state index in [4.69, 9.17) is 9.84 Å². The van der Waals surface area contributed by atoms with Crippen LogP contribution in [0.5, 0.6) is 0 Å². The van der Waals surface area contributed by atoms with E-state index >= 15 is 0 Å². The molecule has 0 aromatic heterocycles. The lowest BCUT2D eigenvalue weighted by Crippen LogP contribution is -2.13. The van der Waals surface area contributed by atoms with Gasteiger partial charge in [0.1, 0.15) is 0 Å². The normalized spacial score (nSPS) is 12.2. The molecule has 0 bridgehead atoms. The second-order valence-corrected chi connectivity index (χ2v) is 5.04. The van der Waals surface area contributed by atoms with Crippen LogP contribution >= 0.6 is 0 Å². The molecule has 0 aliphatic rings. The molecule has 0 rings (SSSR count). The van der Waals surface area contributed by atoms with Crippen LogP contribution in [-0.2, 0) is 9.53 Å². The standard InChI is InChI=1S/C19H24O4/c1-17(2)16-19(22)23-15-13-18(21)12-10-8-6-4-3-5-7-9-11-14-20/h6,8-12,17-18,20-21H,13-16H2,1-2H3/b8-6-,11-9+,12-10+. The molecule has 23 heavy (non-hydrogen) atoms. The first-order chi connectivity index (χ1) is 11.1. The summed E-state index contributed by atoms with van der Waals surface area (Å²) in [5.41, 5.74) is 0. The van der Waals surface area contributed by atoms with Gasteiger partial charge in [-0.2, -0.15) is 0 Å². The SMILES string of the molecule is CC(C)CC(=O)OCCC(O)/C=C/C=C\C#CC#C/C=C/CO. The van der Waals surface area contributed by atoms with E-state index in [1.54, 1.807) is 24.3 Å². The zero-order chi connectivity index (χ0) is 17.3. The van der Waals surface area contributed by atoms with Crippen molar-refractivity contribution in [1.82, 2.24) is 0 Å². The first-order valence-corrected chi connectivity index (χ1v) is 7.50. The topological polar surface area (TPSA) is 66.8 Å². The summed E-state index contributed by atoms with van der Waals surface area (Å²) >= 11 is 0. The molecule has 2 N–H and O–H groups in total. The van der Waals surface area contributed by atoms with E-state index in [-0.39, 0.29) is 25.1 Å². The third-order valence-corrected chi connectivity index (χ3v) is 2.39. The first kappa shape index (κ1) is 20.7. The Bertz CT molecular complexity index is 533. The summed E-state index contributed by atoms with van der Waals surface area (Å²) in [5.74, 6) is 10.6. The Kier molecular flexibility index (Phi) is 13.2. The molecular formula is C19H24O4. The Morgan fingerprint density at radius 3 is 2.52 bits per heavy atom. The van der Waals surface area contributed by atoms with E-state index in [0.29, 0.717) is 12.8 Å². The van der Waals surface area contributed by atoms with E-state index < -0.39 is 6.10 Å². The second kappa shape index (κ2) is 14.7. The van der Waals surface area contributed by atoms with Crippen LogP contribution in [0.15, 0.2) is 36.5 Å². The molecule has 0 aromatic rings. The van der Waals surface area contributed by atoms with Gasteiger partial charge in [-0.15, -0.1) is 0 Å². The number of esters is 1. The van der Waals surface area contributed by atoms with Crippen molar-refractivity contribution in [1.29, 1.82) is 0 Å². The number of aliphatic hydroxyl groups is 2. The van der Waals surface area contributed by atoms with Gasteiger partial charge in [-0.3, -0.25) is 4.79 Å². The van der Waals surface area contributed by atoms with E-state index in [9.17, 15) is 9.90 Å². The highest BCUT2D eigenvalue weighted by Gasteiger charge is 2.06. The highest BCUT2D eigenvalue weighted by atomic mass is 16.5. The van der Waals surface area contributed by atoms with Gasteiger partial charge in [0.05, 0.1) is 19.3 Å². The molecule has 4 heteroatoms. The maximum absolute atomic E-state index is 11.3. The van der Waals surface area contributed by atoms with Gasteiger partial charge in [-0.1, -0.05) is 50.0 Å². The van der Waals surface area contributed by atoms with Gasteiger partial charge in [0.15, 0.2) is 0 Å². The van der Waals surface area contributed by atoms with Crippen LogP contribution in [-0.4, -0.2) is 35.5 Å². The molecule has 124 valence electrons. The Hall–Kier alpha value is -2.27. The minimum atomic E-state index is -0.664. The number of hydrogen-bond acceptors (Lipinski definition) is 4. The van der Waals surface area contributed by atoms with Crippen LogP contribution in [0.25, 0.3) is 0 Å². The van der Waals surface area contributed by atoms with Gasteiger partial charge < -0.3 is 14.9 Å². The molecule has 0 aliphatic carbocycles. The summed E-state index contributed by atoms with van der Waals surface area (Å²) in [6.07, 6.45) is 9.72. The van der Waals surface area contributed by atoms with Crippen molar-refractivity contribution in [2.24, 2.45) is 5.92 Å². The van der Waals surface area contributed by atoms with Gasteiger partial charge >= 0.3 is 5.97 Å². The van der Waals surface area contributed by atoms with E-state index in [1.807, 2.05) is 13.8 Å². The second-order valence-electron chi connectivity index (χ2n) is 5.04. The molecule has 0 amide bonds. The highest BCUT2D eigenvalue weighted by Crippen LogP contribution is 2.02. The predicted molar refractivity (Wildman–Crippen MR) is 91.1 cm³/mol. The highest BCUT2D eigenvalue weighted by molar-refractivity contribution is 5.69. The predicted octanol–water partition coefficient (Wildman–Crippen LogP) is 1.99. The Balaban J connectivity index is 3.91. The summed E-state index contributed by atoms with van der Waals surface area (Å²) in [6, 6.07) is 0. The zero-order valence-electron chi connectivity index (χ0n) is 13.7. The third-order valence-electron chi connectivity index (χ3n) is 2.39. The third kappa shape index (κ3) is 15.9. The summed E-state index contributed by atoms with van der Waals surface area (Å²) in [4.78, 5) is 11.3. The molecule has 0 aromatic carbocycles. The largest absolute Gasteiger partial charge is 0.466 e. The minimum Gasteiger partial charge on any atom is -0.466 e. The molecule has 0 saturated heterocycles. The van der Waals surface area contributed by atoms with Crippen molar-refractivity contribution in [2.45, 2.75) is 32.8 Å². The molecule has 0 aliphatic heterocycles. The average molecular weight is 316 g/mol. The molecule has 0 spiro atoms. The Morgan fingerprint density at radius 1 is 1.17 bits per heavy atom. The lowest BCUT2D eigenvalue weighted by molar-refractivity contribution is -0.144. The van der Waals surface area contributed by atoms with Crippen molar-refractivity contribution in [3.8, 4) is 23.7 Å². The number of carbonyl (C=O) groups is 1. The first-order valence-electron chi connectivity index (χ1n) is 7.50. The van der Waals surface area contributed by atoms with Crippen LogP contribution < -0.4 is 0 Å². The molecule has 0 fully saturated rings. The summed E-state index contributed by atoms with van der Waals surface area (Å²) in [7, 11) is 0. The average Bonchev–Trinajstić information content (AvgIpc) is 2.48. The summed E-state index contributed by atoms with van der Waals surface area (Å²) < 4.78 is 5.01. The minimum absolute atomic E-state index is 0.0357. The Morgan fingerprint density at radius 2 is 1.87 bits per heavy atom. The zero-order valence-corrected chi connectivity index (χ0v) is 13.7. The van der Waals surface area contributed by atoms with Gasteiger partial charge in [0.2, 0.25) is 0 Å². The van der Waals surface area contributed by atoms with Crippen molar-refractivity contribution in [3.63, 3.8) is 0 Å². The molecule has 0 radical (unpaired) electrons. The lowest BCUT2D eigenvalue weighted by Gasteiger charge is -2.08. The number of allylic oxidation sites excluding steroid dienone is 4. The molecular weight excluding hydrogens is 292 g/mol. The quantitative estimate of drug-likeness (QED) is 0.408. The van der Waals surface area contributed by atoms with Crippen LogP contribution in [0.1, 0.15) is 26.7 Å². The van der Waals surface area contributed by atoms with Crippen LogP contribution in [0, 0.1) is 29.6 Å². The summed E-state index contributed by atoms with van der Waals surface area (Å²) in [5, 5.41) is 18.1. The molecule has 0 heterocycles. The van der Waals surface area contributed by atoms with Crippen LogP contribution in [0.3, 0.4) is 0 Å². The van der Waals surface area contributed by atoms with Crippen molar-refractivity contribution < 1.29 is 19.7 Å². The van der Waals surface area contributed by atoms with Crippen LogP contribution in [0.2, 0.25) is 0 Å². The smallest absolute Gasteiger partial charge is 0.306 e. The number of hydrogen-bond donors (Lipinski definition) is 2. The van der Waals surface area contributed by atoms with Crippen molar-refractivity contribution in [3.05, 3.63) is 36.5 Å². The number of aliphatic hydroxyl groups excluding tert-OH is 2. The molecule has 4 nitrogen and oxygen atoms in total. The van der Waals surface area contributed by atoms with Crippen molar-refractivity contribution in [2.75, 3.05) is 13.2 Å². The van der Waals surface area contributed by atoms with Crippen LogP contribution in [0.4, 0.5) is 0 Å².